The summed E-state index contributed by atoms with van der Waals surface area (Å²) in [5.74, 6) is -0.963. The fraction of sp³-hybridized carbons (Fsp3) is 0.516. The molecule has 10 nitrogen and oxygen atoms in total. The third-order valence-electron chi connectivity index (χ3n) is 6.46. The summed E-state index contributed by atoms with van der Waals surface area (Å²) in [6, 6.07) is 11.7. The van der Waals surface area contributed by atoms with Crippen molar-refractivity contribution in [3.63, 3.8) is 0 Å². The Bertz CT molecular complexity index is 1460. The maximum Gasteiger partial charge on any atom is 0.573 e. The summed E-state index contributed by atoms with van der Waals surface area (Å²) in [5.41, 5.74) is 0.0361. The number of carbonyl (C=O) groups is 1. The molecule has 2 N–H and O–H groups in total. The van der Waals surface area contributed by atoms with Gasteiger partial charge in [-0.05, 0) is 71.0 Å². The van der Waals surface area contributed by atoms with Gasteiger partial charge in [0.1, 0.15) is 29.2 Å². The molecule has 0 aromatic heterocycles. The third-order valence-corrected chi connectivity index (χ3v) is 6.95. The van der Waals surface area contributed by atoms with Gasteiger partial charge in [0, 0.05) is 61.5 Å². The van der Waals surface area contributed by atoms with E-state index < -0.39 is 29.8 Å². The zero-order valence-corrected chi connectivity index (χ0v) is 28.5. The topological polar surface area (TPSA) is 123 Å². The van der Waals surface area contributed by atoms with E-state index in [1.54, 1.807) is 23.1 Å². The van der Waals surface area contributed by atoms with Crippen LogP contribution >= 0.6 is 15.9 Å². The van der Waals surface area contributed by atoms with Crippen LogP contribution in [0.5, 0.6) is 11.5 Å². The van der Waals surface area contributed by atoms with Crippen LogP contribution in [0.3, 0.4) is 0 Å². The first-order valence-corrected chi connectivity index (χ1v) is 15.4. The number of halogens is 7. The number of anilines is 1. The standard InChI is InChI=1S/C13H14F3N3O.C10H20N2O2.C8H3BrF3NO/c1-9-8-19(5-4-18-9)11-2-3-12(10(6-11)7-17)20-13(14,15)16;1-8-7-11-5-6-12(8)9(13)14-10(2,3)4;9-6-1-2-7(5(3-6)4-13)14-8(10,11)12/h2-3,6,9,18H,4-5,8H2,1H3;8,11H,5-7H2,1-4H3;1-3H/t9-;8-;/m11./s1. The number of benzene rings is 2. The highest BCUT2D eigenvalue weighted by molar-refractivity contribution is 9.10. The summed E-state index contributed by atoms with van der Waals surface area (Å²) < 4.78 is 85.4. The Balaban J connectivity index is 0.000000257. The van der Waals surface area contributed by atoms with E-state index >= 15 is 0 Å². The van der Waals surface area contributed by atoms with Crippen LogP contribution < -0.4 is 25.0 Å². The van der Waals surface area contributed by atoms with Gasteiger partial charge >= 0.3 is 18.8 Å². The largest absolute Gasteiger partial charge is 0.573 e. The van der Waals surface area contributed by atoms with Gasteiger partial charge in [0.25, 0.3) is 0 Å². The van der Waals surface area contributed by atoms with Crippen LogP contribution in [0.25, 0.3) is 0 Å². The number of rotatable bonds is 3. The van der Waals surface area contributed by atoms with Crippen molar-refractivity contribution in [1.29, 1.82) is 10.5 Å². The fourth-order valence-corrected chi connectivity index (χ4v) is 4.78. The van der Waals surface area contributed by atoms with Gasteiger partial charge in [0.05, 0.1) is 11.1 Å². The molecule has 4 rings (SSSR count). The first-order chi connectivity index (χ1) is 22.2. The molecule has 2 aromatic carbocycles. The van der Waals surface area contributed by atoms with Gasteiger partial charge in [0.15, 0.2) is 0 Å². The van der Waals surface area contributed by atoms with E-state index in [0.717, 1.165) is 51.0 Å². The molecule has 17 heteroatoms. The summed E-state index contributed by atoms with van der Waals surface area (Å²) in [7, 11) is 0. The van der Waals surface area contributed by atoms with E-state index in [2.05, 4.69) is 36.0 Å². The Morgan fingerprint density at radius 3 is 1.96 bits per heavy atom. The van der Waals surface area contributed by atoms with Crippen LogP contribution in [0.4, 0.5) is 36.8 Å². The molecular weight excluding hydrogens is 714 g/mol. The second-order valence-corrected chi connectivity index (χ2v) is 12.6. The number of piperazine rings is 2. The normalized spacial score (nSPS) is 18.1. The van der Waals surface area contributed by atoms with Gasteiger partial charge < -0.3 is 34.6 Å². The van der Waals surface area contributed by atoms with Gasteiger partial charge in [-0.2, -0.15) is 10.5 Å². The average molecular weight is 752 g/mol. The minimum Gasteiger partial charge on any atom is -0.444 e. The van der Waals surface area contributed by atoms with Crippen molar-refractivity contribution < 1.29 is 45.3 Å². The first kappa shape index (κ1) is 40.2. The van der Waals surface area contributed by atoms with Crippen molar-refractivity contribution in [3.8, 4) is 23.6 Å². The zero-order chi connectivity index (χ0) is 36.3. The number of carbonyl (C=O) groups excluding carboxylic acids is 1. The van der Waals surface area contributed by atoms with Crippen molar-refractivity contribution in [3.05, 3.63) is 52.0 Å². The SMILES string of the molecule is C[C@@H]1CN(c2ccc(OC(F)(F)F)c(C#N)c2)CCN1.C[C@@H]1CNCCN1C(=O)OC(C)(C)C.N#Cc1cc(Br)ccc1OC(F)(F)F. The number of nitrogens with zero attached hydrogens (tertiary/aromatic N) is 4. The number of nitrogens with one attached hydrogen (secondary N) is 2. The first-order valence-electron chi connectivity index (χ1n) is 14.6. The molecule has 48 heavy (non-hydrogen) atoms. The summed E-state index contributed by atoms with van der Waals surface area (Å²) in [6.07, 6.45) is -9.78. The van der Waals surface area contributed by atoms with Crippen molar-refractivity contribution in [1.82, 2.24) is 15.5 Å². The molecule has 2 fully saturated rings. The van der Waals surface area contributed by atoms with Crippen LogP contribution in [0, 0.1) is 22.7 Å². The van der Waals surface area contributed by atoms with Crippen LogP contribution in [-0.4, -0.2) is 80.7 Å². The highest BCUT2D eigenvalue weighted by atomic mass is 79.9. The van der Waals surface area contributed by atoms with Crippen LogP contribution in [-0.2, 0) is 4.74 Å². The molecule has 0 bridgehead atoms. The molecule has 264 valence electrons. The van der Waals surface area contributed by atoms with Gasteiger partial charge in [0.2, 0.25) is 0 Å². The van der Waals surface area contributed by atoms with E-state index in [-0.39, 0.29) is 23.3 Å². The molecular formula is C31H37BrF6N6O4. The second-order valence-electron chi connectivity index (χ2n) is 11.7. The lowest BCUT2D eigenvalue weighted by atomic mass is 10.1. The molecule has 2 aromatic rings. The number of ether oxygens (including phenoxy) is 3. The number of hydrogen-bond donors (Lipinski definition) is 2. The van der Waals surface area contributed by atoms with E-state index in [1.165, 1.54) is 24.3 Å². The molecule has 0 spiro atoms. The van der Waals surface area contributed by atoms with Gasteiger partial charge in [-0.15, -0.1) is 26.3 Å². The smallest absolute Gasteiger partial charge is 0.444 e. The molecule has 2 saturated heterocycles. The molecule has 2 aliphatic heterocycles. The fourth-order valence-electron chi connectivity index (χ4n) is 4.42. The molecule has 0 unspecified atom stereocenters. The Labute approximate surface area is 283 Å². The van der Waals surface area contributed by atoms with Crippen LogP contribution in [0.1, 0.15) is 45.7 Å². The van der Waals surface area contributed by atoms with Crippen molar-refractivity contribution in [2.75, 3.05) is 44.2 Å². The number of amides is 1. The van der Waals surface area contributed by atoms with Gasteiger partial charge in [-0.25, -0.2) is 4.79 Å². The molecule has 2 heterocycles. The number of alkyl halides is 6. The molecule has 0 saturated carbocycles. The third kappa shape index (κ3) is 14.5. The second kappa shape index (κ2) is 17.5. The zero-order valence-electron chi connectivity index (χ0n) is 26.9. The lowest BCUT2D eigenvalue weighted by Crippen LogP contribution is -2.53. The Hall–Kier alpha value is -3.93. The average Bonchev–Trinajstić information content (AvgIpc) is 2.97. The van der Waals surface area contributed by atoms with Crippen molar-refractivity contribution in [2.45, 2.75) is 65.0 Å². The highest BCUT2D eigenvalue weighted by Gasteiger charge is 2.33. The highest BCUT2D eigenvalue weighted by Crippen LogP contribution is 2.30. The molecule has 2 aliphatic rings. The van der Waals surface area contributed by atoms with Crippen LogP contribution in [0.15, 0.2) is 40.9 Å². The predicted octanol–water partition coefficient (Wildman–Crippen LogP) is 6.69. The maximum absolute atomic E-state index is 12.2. The minimum absolute atomic E-state index is 0.119. The van der Waals surface area contributed by atoms with E-state index in [9.17, 15) is 31.1 Å². The van der Waals surface area contributed by atoms with Gasteiger partial charge in [-0.1, -0.05) is 15.9 Å². The van der Waals surface area contributed by atoms with E-state index in [1.807, 2.05) is 39.5 Å². The summed E-state index contributed by atoms with van der Waals surface area (Å²) in [6.45, 7) is 14.4. The monoisotopic (exact) mass is 750 g/mol. The number of nitriles is 2. The quantitative estimate of drug-likeness (QED) is 0.331. The van der Waals surface area contributed by atoms with Gasteiger partial charge in [-0.3, -0.25) is 0 Å². The van der Waals surface area contributed by atoms with E-state index in [0.29, 0.717) is 10.5 Å². The molecule has 1 amide bonds. The lowest BCUT2D eigenvalue weighted by Gasteiger charge is -2.35. The Morgan fingerprint density at radius 1 is 0.896 bits per heavy atom. The molecule has 0 radical (unpaired) electrons. The molecule has 0 aliphatic carbocycles. The van der Waals surface area contributed by atoms with E-state index in [4.69, 9.17) is 15.3 Å². The minimum atomic E-state index is -4.79. The summed E-state index contributed by atoms with van der Waals surface area (Å²) in [4.78, 5) is 15.5. The Kier molecular flexibility index (Phi) is 14.6. The maximum atomic E-state index is 12.2. The van der Waals surface area contributed by atoms with Crippen molar-refractivity contribution >= 4 is 27.7 Å². The Morgan fingerprint density at radius 2 is 1.46 bits per heavy atom. The van der Waals surface area contributed by atoms with Crippen molar-refractivity contribution in [2.24, 2.45) is 0 Å². The summed E-state index contributed by atoms with van der Waals surface area (Å²) in [5, 5.41) is 24.0. The molecule has 2 atom stereocenters. The number of hydrogen-bond acceptors (Lipinski definition) is 9. The summed E-state index contributed by atoms with van der Waals surface area (Å²) >= 11 is 3.03. The predicted molar refractivity (Wildman–Crippen MR) is 168 cm³/mol. The van der Waals surface area contributed by atoms with Crippen LogP contribution in [0.2, 0.25) is 0 Å². The lowest BCUT2D eigenvalue weighted by molar-refractivity contribution is -0.275.